The first-order valence-corrected chi connectivity index (χ1v) is 11.6. The maximum absolute atomic E-state index is 13.3. The summed E-state index contributed by atoms with van der Waals surface area (Å²) in [6.45, 7) is 3.51. The normalized spacial score (nSPS) is 18.3. The highest BCUT2D eigenvalue weighted by Gasteiger charge is 2.29. The number of pyridine rings is 1. The molecule has 186 valence electrons. The molecule has 0 radical (unpaired) electrons. The molecule has 1 fully saturated rings. The fourth-order valence-corrected chi connectivity index (χ4v) is 4.34. The molecular weight excluding hydrogens is 450 g/mol. The third-order valence-corrected chi connectivity index (χ3v) is 6.20. The minimum absolute atomic E-state index is 0.0577. The van der Waals surface area contributed by atoms with Crippen molar-refractivity contribution in [2.75, 3.05) is 19.4 Å². The third-order valence-electron chi connectivity index (χ3n) is 6.20. The number of methoxy groups -OCH3 is 1. The van der Waals surface area contributed by atoms with Crippen molar-refractivity contribution in [2.24, 2.45) is 5.92 Å². The summed E-state index contributed by atoms with van der Waals surface area (Å²) in [4.78, 5) is 33.9. The van der Waals surface area contributed by atoms with Gasteiger partial charge in [-0.05, 0) is 51.7 Å². The topological polar surface area (TPSA) is 157 Å². The maximum Gasteiger partial charge on any atom is 0.253 e. The van der Waals surface area contributed by atoms with E-state index in [0.29, 0.717) is 48.3 Å². The van der Waals surface area contributed by atoms with Gasteiger partial charge in [0.05, 0.1) is 24.0 Å². The van der Waals surface area contributed by atoms with Crippen LogP contribution in [0.4, 0.5) is 5.82 Å². The molecule has 11 nitrogen and oxygen atoms in total. The molecule has 2 amide bonds. The van der Waals surface area contributed by atoms with Crippen LogP contribution < -0.4 is 21.1 Å². The zero-order valence-electron chi connectivity index (χ0n) is 20.1. The van der Waals surface area contributed by atoms with Gasteiger partial charge in [0.2, 0.25) is 11.8 Å². The molecule has 0 aliphatic heterocycles. The Labute approximate surface area is 203 Å². The van der Waals surface area contributed by atoms with Crippen LogP contribution in [0.2, 0.25) is 0 Å². The fraction of sp³-hybridized carbons (Fsp3) is 0.458. The molecule has 0 aromatic carbocycles. The number of ether oxygens (including phenoxy) is 1. The number of nitrogens with two attached hydrogens (primary N) is 1. The van der Waals surface area contributed by atoms with E-state index in [1.165, 1.54) is 13.4 Å². The SMILES string of the molecule is COc1cc(-c2cc(C(=O)NC3CCC(C(=O)NCC(C)(C)O)CC3)c3c(N)ncnn23)ccn1. The molecule has 4 rings (SSSR count). The van der Waals surface area contributed by atoms with Gasteiger partial charge in [-0.15, -0.1) is 0 Å². The van der Waals surface area contributed by atoms with Gasteiger partial charge >= 0.3 is 0 Å². The van der Waals surface area contributed by atoms with Gasteiger partial charge in [0.15, 0.2) is 5.82 Å². The smallest absolute Gasteiger partial charge is 0.253 e. The molecule has 0 bridgehead atoms. The number of hydrogen-bond donors (Lipinski definition) is 4. The lowest BCUT2D eigenvalue weighted by Crippen LogP contribution is -2.44. The molecule has 3 heterocycles. The van der Waals surface area contributed by atoms with Crippen molar-refractivity contribution in [3.8, 4) is 17.1 Å². The van der Waals surface area contributed by atoms with Gasteiger partial charge in [-0.3, -0.25) is 9.59 Å². The van der Waals surface area contributed by atoms with Crippen LogP contribution in [0.15, 0.2) is 30.7 Å². The lowest BCUT2D eigenvalue weighted by molar-refractivity contribution is -0.127. The molecule has 3 aromatic rings. The minimum Gasteiger partial charge on any atom is -0.481 e. The number of nitrogen functional groups attached to an aromatic ring is 1. The summed E-state index contributed by atoms with van der Waals surface area (Å²) in [5.41, 5.74) is 7.41. The van der Waals surface area contributed by atoms with E-state index in [1.54, 1.807) is 42.8 Å². The van der Waals surface area contributed by atoms with Gasteiger partial charge in [0.1, 0.15) is 11.8 Å². The average Bonchev–Trinajstić information content (AvgIpc) is 3.24. The van der Waals surface area contributed by atoms with Crippen LogP contribution >= 0.6 is 0 Å². The van der Waals surface area contributed by atoms with E-state index in [9.17, 15) is 14.7 Å². The Hall–Kier alpha value is -3.73. The molecule has 0 atom stereocenters. The van der Waals surface area contributed by atoms with E-state index in [-0.39, 0.29) is 36.1 Å². The van der Waals surface area contributed by atoms with Crippen molar-refractivity contribution in [1.82, 2.24) is 30.2 Å². The standard InChI is InChI=1S/C24H31N7O4/c1-24(2,34)12-27-22(32)14-4-6-16(7-5-14)30-23(33)17-11-18(15-8-9-26-19(10-15)35-3)31-20(17)21(25)28-13-29-31/h8-11,13-14,16,34H,4-7,12H2,1-3H3,(H,27,32)(H,30,33)(H2,25,28,29). The Morgan fingerprint density at radius 2 is 1.97 bits per heavy atom. The number of fused-ring (bicyclic) bond motifs is 1. The molecule has 1 aliphatic rings. The highest BCUT2D eigenvalue weighted by atomic mass is 16.5. The number of aromatic nitrogens is 4. The van der Waals surface area contributed by atoms with Crippen molar-refractivity contribution >= 4 is 23.1 Å². The first kappa shape index (κ1) is 24.4. The summed E-state index contributed by atoms with van der Waals surface area (Å²) in [6.07, 6.45) is 5.64. The van der Waals surface area contributed by atoms with Gasteiger partial charge in [0, 0.05) is 36.3 Å². The summed E-state index contributed by atoms with van der Waals surface area (Å²) >= 11 is 0. The second-order valence-electron chi connectivity index (χ2n) is 9.49. The maximum atomic E-state index is 13.3. The predicted molar refractivity (Wildman–Crippen MR) is 130 cm³/mol. The number of nitrogens with zero attached hydrogens (tertiary/aromatic N) is 4. The van der Waals surface area contributed by atoms with Crippen molar-refractivity contribution in [3.63, 3.8) is 0 Å². The zero-order chi connectivity index (χ0) is 25.2. The molecule has 0 unspecified atom stereocenters. The predicted octanol–water partition coefficient (Wildman–Crippen LogP) is 1.56. The fourth-order valence-electron chi connectivity index (χ4n) is 4.34. The molecule has 35 heavy (non-hydrogen) atoms. The van der Waals surface area contributed by atoms with Crippen molar-refractivity contribution in [3.05, 3.63) is 36.3 Å². The number of amides is 2. The van der Waals surface area contributed by atoms with Crippen LogP contribution in [-0.4, -0.2) is 61.8 Å². The number of rotatable bonds is 7. The largest absolute Gasteiger partial charge is 0.481 e. The van der Waals surface area contributed by atoms with Crippen LogP contribution in [0.5, 0.6) is 5.88 Å². The van der Waals surface area contributed by atoms with Crippen LogP contribution in [-0.2, 0) is 4.79 Å². The van der Waals surface area contributed by atoms with Gasteiger partial charge in [0.25, 0.3) is 5.91 Å². The van der Waals surface area contributed by atoms with Crippen molar-refractivity contribution < 1.29 is 19.4 Å². The summed E-state index contributed by atoms with van der Waals surface area (Å²) in [6, 6.07) is 5.23. The quantitative estimate of drug-likeness (QED) is 0.396. The molecule has 3 aromatic heterocycles. The molecule has 5 N–H and O–H groups in total. The third kappa shape index (κ3) is 5.51. The Morgan fingerprint density at radius 3 is 2.66 bits per heavy atom. The van der Waals surface area contributed by atoms with Crippen molar-refractivity contribution in [2.45, 2.75) is 51.2 Å². The van der Waals surface area contributed by atoms with Gasteiger partial charge in [-0.2, -0.15) is 5.10 Å². The number of hydrogen-bond acceptors (Lipinski definition) is 8. The van der Waals surface area contributed by atoms with E-state index in [0.717, 1.165) is 5.56 Å². The lowest BCUT2D eigenvalue weighted by Gasteiger charge is -2.29. The average molecular weight is 482 g/mol. The summed E-state index contributed by atoms with van der Waals surface area (Å²) in [5.74, 6) is 0.181. The van der Waals surface area contributed by atoms with Gasteiger partial charge in [-0.25, -0.2) is 14.5 Å². The first-order chi connectivity index (χ1) is 16.7. The van der Waals surface area contributed by atoms with Crippen LogP contribution in [0.25, 0.3) is 16.8 Å². The summed E-state index contributed by atoms with van der Waals surface area (Å²) < 4.78 is 6.82. The minimum atomic E-state index is -0.951. The molecule has 1 aliphatic carbocycles. The van der Waals surface area contributed by atoms with E-state index in [4.69, 9.17) is 10.5 Å². The number of nitrogens with one attached hydrogen (secondary N) is 2. The Balaban J connectivity index is 1.49. The second-order valence-corrected chi connectivity index (χ2v) is 9.49. The number of anilines is 1. The number of carbonyl (C=O) groups is 2. The lowest BCUT2D eigenvalue weighted by atomic mass is 9.85. The molecule has 1 saturated carbocycles. The Kier molecular flexibility index (Phi) is 6.88. The van der Waals surface area contributed by atoms with Crippen LogP contribution in [0.3, 0.4) is 0 Å². The molecule has 0 saturated heterocycles. The van der Waals surface area contributed by atoms with E-state index < -0.39 is 5.60 Å². The zero-order valence-corrected chi connectivity index (χ0v) is 20.1. The van der Waals surface area contributed by atoms with Gasteiger partial charge in [-0.1, -0.05) is 0 Å². The first-order valence-electron chi connectivity index (χ1n) is 11.6. The van der Waals surface area contributed by atoms with E-state index in [2.05, 4.69) is 25.7 Å². The van der Waals surface area contributed by atoms with Crippen molar-refractivity contribution in [1.29, 1.82) is 0 Å². The molecule has 0 spiro atoms. The molecular formula is C24H31N7O4. The summed E-state index contributed by atoms with van der Waals surface area (Å²) in [7, 11) is 1.53. The van der Waals surface area contributed by atoms with Crippen LogP contribution in [0, 0.1) is 5.92 Å². The Bertz CT molecular complexity index is 1230. The van der Waals surface area contributed by atoms with Crippen LogP contribution in [0.1, 0.15) is 49.9 Å². The molecule has 11 heteroatoms. The van der Waals surface area contributed by atoms with Gasteiger partial charge < -0.3 is 26.2 Å². The summed E-state index contributed by atoms with van der Waals surface area (Å²) in [5, 5.41) is 20.0. The monoisotopic (exact) mass is 481 g/mol. The number of carbonyl (C=O) groups excluding carboxylic acids is 2. The second kappa shape index (κ2) is 9.87. The van der Waals surface area contributed by atoms with E-state index in [1.807, 2.05) is 0 Å². The Morgan fingerprint density at radius 1 is 1.23 bits per heavy atom. The highest BCUT2D eigenvalue weighted by Crippen LogP contribution is 2.30. The highest BCUT2D eigenvalue weighted by molar-refractivity contribution is 6.05. The van der Waals surface area contributed by atoms with E-state index >= 15 is 0 Å². The number of aliphatic hydroxyl groups is 1.